The van der Waals surface area contributed by atoms with Crippen molar-refractivity contribution in [1.29, 1.82) is 0 Å². The van der Waals surface area contributed by atoms with E-state index in [0.29, 0.717) is 34.6 Å². The maximum atomic E-state index is 12.0. The lowest BCUT2D eigenvalue weighted by Gasteiger charge is -2.22. The summed E-state index contributed by atoms with van der Waals surface area (Å²) >= 11 is 6.24. The van der Waals surface area contributed by atoms with E-state index in [4.69, 9.17) is 22.1 Å². The van der Waals surface area contributed by atoms with E-state index in [9.17, 15) is 4.79 Å². The number of likely N-dealkylation sites (N-methyl/N-ethyl adjacent to an activating group) is 1. The van der Waals surface area contributed by atoms with Crippen molar-refractivity contribution in [3.05, 3.63) is 22.7 Å². The molecule has 1 aliphatic heterocycles. The van der Waals surface area contributed by atoms with Crippen molar-refractivity contribution >= 4 is 28.9 Å². The van der Waals surface area contributed by atoms with Crippen molar-refractivity contribution in [2.75, 3.05) is 37.8 Å². The lowest BCUT2D eigenvalue weighted by molar-refractivity contribution is 0.0527. The molecule has 6 heteroatoms. The molecule has 1 atom stereocenters. The lowest BCUT2D eigenvalue weighted by atomic mass is 10.1. The van der Waals surface area contributed by atoms with Crippen LogP contribution in [0.1, 0.15) is 30.1 Å². The topological polar surface area (TPSA) is 67.6 Å². The van der Waals surface area contributed by atoms with Gasteiger partial charge in [0.25, 0.3) is 0 Å². The van der Waals surface area contributed by atoms with Crippen LogP contribution in [-0.4, -0.2) is 43.7 Å². The van der Waals surface area contributed by atoms with Gasteiger partial charge in [0.2, 0.25) is 0 Å². The van der Waals surface area contributed by atoms with E-state index in [1.54, 1.807) is 19.1 Å². The molecule has 1 aromatic rings. The highest BCUT2D eigenvalue weighted by Gasteiger charge is 2.22. The fraction of sp³-hybridized carbons (Fsp3) is 0.533. The molecule has 0 aromatic heterocycles. The quantitative estimate of drug-likeness (QED) is 0.646. The summed E-state index contributed by atoms with van der Waals surface area (Å²) in [4.78, 5) is 14.4. The Morgan fingerprint density at radius 2 is 2.33 bits per heavy atom. The van der Waals surface area contributed by atoms with Crippen molar-refractivity contribution in [1.82, 2.24) is 4.90 Å². The summed E-state index contributed by atoms with van der Waals surface area (Å²) in [5, 5.41) is 3.73. The van der Waals surface area contributed by atoms with E-state index >= 15 is 0 Å². The van der Waals surface area contributed by atoms with Crippen LogP contribution in [0.4, 0.5) is 11.4 Å². The molecule has 1 aromatic carbocycles. The van der Waals surface area contributed by atoms with E-state index in [0.717, 1.165) is 19.5 Å². The predicted octanol–water partition coefficient (Wildman–Crippen LogP) is 2.61. The molecule has 0 aliphatic carbocycles. The molecule has 1 heterocycles. The van der Waals surface area contributed by atoms with Crippen LogP contribution in [0.5, 0.6) is 0 Å². The first-order chi connectivity index (χ1) is 10.0. The summed E-state index contributed by atoms with van der Waals surface area (Å²) in [6.45, 7) is 3.93. The number of likely N-dealkylation sites (tertiary alicyclic amines) is 1. The largest absolute Gasteiger partial charge is 0.462 e. The summed E-state index contributed by atoms with van der Waals surface area (Å²) in [6.07, 6.45) is 2.34. The fourth-order valence-electron chi connectivity index (χ4n) is 2.63. The van der Waals surface area contributed by atoms with Crippen molar-refractivity contribution < 1.29 is 9.53 Å². The number of anilines is 2. The van der Waals surface area contributed by atoms with E-state index in [-0.39, 0.29) is 0 Å². The molecule has 5 nitrogen and oxygen atoms in total. The normalized spacial score (nSPS) is 18.7. The third-order valence-corrected chi connectivity index (χ3v) is 4.09. The summed E-state index contributed by atoms with van der Waals surface area (Å²) < 4.78 is 5.07. The number of nitrogens with one attached hydrogen (secondary N) is 1. The zero-order valence-electron chi connectivity index (χ0n) is 12.5. The van der Waals surface area contributed by atoms with Crippen LogP contribution >= 0.6 is 11.6 Å². The molecule has 0 amide bonds. The average Bonchev–Trinajstić information content (AvgIpc) is 2.83. The Morgan fingerprint density at radius 3 is 2.95 bits per heavy atom. The van der Waals surface area contributed by atoms with Crippen LogP contribution in [-0.2, 0) is 4.74 Å². The number of carbonyl (C=O) groups excluding carboxylic acids is 1. The highest BCUT2D eigenvalue weighted by Crippen LogP contribution is 2.30. The van der Waals surface area contributed by atoms with Gasteiger partial charge in [0.15, 0.2) is 0 Å². The summed E-state index contributed by atoms with van der Waals surface area (Å²) in [5.74, 6) is -0.408. The molecular weight excluding hydrogens is 290 g/mol. The molecule has 2 rings (SSSR count). The monoisotopic (exact) mass is 311 g/mol. The Hall–Kier alpha value is -1.46. The van der Waals surface area contributed by atoms with Gasteiger partial charge in [-0.05, 0) is 45.5 Å². The second kappa shape index (κ2) is 7.00. The molecule has 1 aliphatic rings. The number of nitrogens with zero attached hydrogens (tertiary/aromatic N) is 1. The molecule has 0 spiro atoms. The zero-order valence-corrected chi connectivity index (χ0v) is 13.2. The molecule has 0 saturated carbocycles. The second-order valence-electron chi connectivity index (χ2n) is 5.30. The Morgan fingerprint density at radius 1 is 1.57 bits per heavy atom. The Kier molecular flexibility index (Phi) is 5.31. The Labute approximate surface area is 130 Å². The predicted molar refractivity (Wildman–Crippen MR) is 86.0 cm³/mol. The minimum Gasteiger partial charge on any atom is -0.462 e. The SMILES string of the molecule is CCOC(=O)c1cc(N)cc(Cl)c1NCC1CCCN1C. The smallest absolute Gasteiger partial charge is 0.340 e. The molecule has 1 saturated heterocycles. The van der Waals surface area contributed by atoms with Gasteiger partial charge in [-0.3, -0.25) is 0 Å². The maximum absolute atomic E-state index is 12.0. The van der Waals surface area contributed by atoms with Gasteiger partial charge in [-0.25, -0.2) is 4.79 Å². The van der Waals surface area contributed by atoms with Crippen molar-refractivity contribution in [3.8, 4) is 0 Å². The van der Waals surface area contributed by atoms with Gasteiger partial charge in [0, 0.05) is 18.3 Å². The van der Waals surface area contributed by atoms with Gasteiger partial charge in [0.1, 0.15) is 0 Å². The van der Waals surface area contributed by atoms with E-state index in [2.05, 4.69) is 17.3 Å². The van der Waals surface area contributed by atoms with Crippen molar-refractivity contribution in [2.24, 2.45) is 0 Å². The van der Waals surface area contributed by atoms with Crippen LogP contribution in [0, 0.1) is 0 Å². The number of esters is 1. The average molecular weight is 312 g/mol. The molecule has 0 radical (unpaired) electrons. The van der Waals surface area contributed by atoms with Crippen LogP contribution in [0.15, 0.2) is 12.1 Å². The first kappa shape index (κ1) is 15.9. The molecule has 0 bridgehead atoms. The third-order valence-electron chi connectivity index (χ3n) is 3.79. The third kappa shape index (κ3) is 3.80. The standard InChI is InChI=1S/C15H22ClN3O2/c1-3-21-15(20)12-7-10(17)8-13(16)14(12)18-9-11-5-4-6-19(11)2/h7-8,11,18H,3-6,9,17H2,1-2H3. The molecule has 1 unspecified atom stereocenters. The van der Waals surface area contributed by atoms with Crippen molar-refractivity contribution in [3.63, 3.8) is 0 Å². The molecular formula is C15H22ClN3O2. The van der Waals surface area contributed by atoms with Gasteiger partial charge in [0.05, 0.1) is 22.9 Å². The summed E-state index contributed by atoms with van der Waals surface area (Å²) in [6, 6.07) is 3.70. The molecule has 116 valence electrons. The highest BCUT2D eigenvalue weighted by molar-refractivity contribution is 6.34. The van der Waals surface area contributed by atoms with Gasteiger partial charge < -0.3 is 20.7 Å². The number of nitrogen functional groups attached to an aromatic ring is 1. The number of benzene rings is 1. The van der Waals surface area contributed by atoms with Crippen LogP contribution in [0.25, 0.3) is 0 Å². The molecule has 1 fully saturated rings. The van der Waals surface area contributed by atoms with Crippen LogP contribution in [0.3, 0.4) is 0 Å². The van der Waals surface area contributed by atoms with Crippen LogP contribution in [0.2, 0.25) is 5.02 Å². The van der Waals surface area contributed by atoms with E-state index < -0.39 is 5.97 Å². The number of rotatable bonds is 5. The van der Waals surface area contributed by atoms with E-state index in [1.165, 1.54) is 6.42 Å². The number of nitrogens with two attached hydrogens (primary N) is 1. The first-order valence-corrected chi connectivity index (χ1v) is 7.61. The van der Waals surface area contributed by atoms with Crippen molar-refractivity contribution in [2.45, 2.75) is 25.8 Å². The van der Waals surface area contributed by atoms with Gasteiger partial charge in [-0.2, -0.15) is 0 Å². The summed E-state index contributed by atoms with van der Waals surface area (Å²) in [5.41, 5.74) is 7.22. The number of carbonyl (C=O) groups is 1. The number of hydrogen-bond acceptors (Lipinski definition) is 5. The maximum Gasteiger partial charge on any atom is 0.340 e. The van der Waals surface area contributed by atoms with Gasteiger partial charge >= 0.3 is 5.97 Å². The zero-order chi connectivity index (χ0) is 15.4. The second-order valence-corrected chi connectivity index (χ2v) is 5.71. The summed E-state index contributed by atoms with van der Waals surface area (Å²) in [7, 11) is 2.11. The molecule has 21 heavy (non-hydrogen) atoms. The van der Waals surface area contributed by atoms with Crippen LogP contribution < -0.4 is 11.1 Å². The molecule has 3 N–H and O–H groups in total. The number of halogens is 1. The first-order valence-electron chi connectivity index (χ1n) is 7.23. The minimum atomic E-state index is -0.408. The van der Waals surface area contributed by atoms with E-state index in [1.807, 2.05) is 0 Å². The Bertz CT molecular complexity index is 522. The number of ether oxygens (including phenoxy) is 1. The highest BCUT2D eigenvalue weighted by atomic mass is 35.5. The van der Waals surface area contributed by atoms with Gasteiger partial charge in [-0.1, -0.05) is 11.6 Å². The Balaban J connectivity index is 2.18. The lowest BCUT2D eigenvalue weighted by Crippen LogP contribution is -2.32. The number of hydrogen-bond donors (Lipinski definition) is 2. The van der Waals surface area contributed by atoms with Gasteiger partial charge in [-0.15, -0.1) is 0 Å². The minimum absolute atomic E-state index is 0.316. The fourth-order valence-corrected chi connectivity index (χ4v) is 2.93.